The molecule has 8 heteroatoms. The van der Waals surface area contributed by atoms with Crippen molar-refractivity contribution in [1.82, 2.24) is 24.7 Å². The number of halogens is 1. The molecular weight excluding hydrogens is 395 g/mol. The molecule has 1 aliphatic rings. The van der Waals surface area contributed by atoms with Crippen LogP contribution in [0.25, 0.3) is 22.5 Å². The Morgan fingerprint density at radius 3 is 2.84 bits per heavy atom. The van der Waals surface area contributed by atoms with Gasteiger partial charge in [0.15, 0.2) is 11.6 Å². The minimum Gasteiger partial charge on any atom is -0.482 e. The number of benzene rings is 1. The van der Waals surface area contributed by atoms with Crippen molar-refractivity contribution < 1.29 is 9.13 Å². The molecule has 7 nitrogen and oxygen atoms in total. The fourth-order valence-electron chi connectivity index (χ4n) is 4.05. The maximum atomic E-state index is 14.2. The predicted octanol–water partition coefficient (Wildman–Crippen LogP) is 4.19. The third-order valence-electron chi connectivity index (χ3n) is 5.51. The first kappa shape index (κ1) is 19.2. The minimum atomic E-state index is -0.491. The fourth-order valence-corrected chi connectivity index (χ4v) is 4.05. The molecule has 1 atom stereocenters. The van der Waals surface area contributed by atoms with Crippen molar-refractivity contribution >= 4 is 5.82 Å². The molecule has 1 aromatic carbocycles. The van der Waals surface area contributed by atoms with Crippen LogP contribution in [0.1, 0.15) is 36.8 Å². The van der Waals surface area contributed by atoms with Crippen LogP contribution in [-0.4, -0.2) is 24.7 Å². The summed E-state index contributed by atoms with van der Waals surface area (Å²) in [5.74, 6) is 0.364. The summed E-state index contributed by atoms with van der Waals surface area (Å²) in [7, 11) is 0. The number of pyridine rings is 1. The lowest BCUT2D eigenvalue weighted by molar-refractivity contribution is 0.227. The number of hydrogen-bond acceptors (Lipinski definition) is 6. The number of nitrogen functional groups attached to an aromatic ring is 1. The SMILES string of the molecule is CCn1ncc2c1-c1cnc(N)c(c1)O[C@H](C)c1cc(F)ccc1-c1nccnc1C2. The highest BCUT2D eigenvalue weighted by atomic mass is 19.1. The molecular formula is C23H21FN6O. The van der Waals surface area contributed by atoms with Gasteiger partial charge in [-0.3, -0.25) is 14.6 Å². The molecule has 0 unspecified atom stereocenters. The van der Waals surface area contributed by atoms with Crippen LogP contribution in [0.5, 0.6) is 5.75 Å². The van der Waals surface area contributed by atoms with Gasteiger partial charge in [-0.2, -0.15) is 5.10 Å². The molecule has 0 aliphatic carbocycles. The third kappa shape index (κ3) is 3.30. The van der Waals surface area contributed by atoms with E-state index in [-0.39, 0.29) is 11.6 Å². The number of ether oxygens (including phenoxy) is 1. The van der Waals surface area contributed by atoms with Crippen molar-refractivity contribution in [3.8, 4) is 28.3 Å². The maximum absolute atomic E-state index is 14.2. The zero-order valence-corrected chi connectivity index (χ0v) is 17.2. The topological polar surface area (TPSA) is 91.7 Å². The Labute approximate surface area is 178 Å². The molecule has 0 saturated heterocycles. The van der Waals surface area contributed by atoms with Crippen molar-refractivity contribution in [1.29, 1.82) is 0 Å². The lowest BCUT2D eigenvalue weighted by atomic mass is 9.96. The predicted molar refractivity (Wildman–Crippen MR) is 115 cm³/mol. The second kappa shape index (κ2) is 7.46. The number of aryl methyl sites for hydroxylation is 1. The van der Waals surface area contributed by atoms with E-state index in [0.29, 0.717) is 30.0 Å². The van der Waals surface area contributed by atoms with Crippen molar-refractivity contribution in [2.24, 2.45) is 0 Å². The van der Waals surface area contributed by atoms with Gasteiger partial charge in [0, 0.05) is 53.8 Å². The monoisotopic (exact) mass is 416 g/mol. The lowest BCUT2D eigenvalue weighted by Gasteiger charge is -2.21. The lowest BCUT2D eigenvalue weighted by Crippen LogP contribution is -2.11. The van der Waals surface area contributed by atoms with E-state index in [4.69, 9.17) is 10.5 Å². The Hall–Kier alpha value is -3.81. The van der Waals surface area contributed by atoms with Crippen LogP contribution < -0.4 is 10.5 Å². The van der Waals surface area contributed by atoms with Crippen LogP contribution in [0.4, 0.5) is 10.2 Å². The van der Waals surface area contributed by atoms with Crippen LogP contribution in [0.15, 0.2) is 49.1 Å². The van der Waals surface area contributed by atoms with Gasteiger partial charge in [0.05, 0.1) is 23.3 Å². The molecule has 4 aromatic rings. The van der Waals surface area contributed by atoms with Gasteiger partial charge in [0.2, 0.25) is 0 Å². The highest BCUT2D eigenvalue weighted by molar-refractivity contribution is 5.71. The van der Waals surface area contributed by atoms with Gasteiger partial charge < -0.3 is 10.5 Å². The third-order valence-corrected chi connectivity index (χ3v) is 5.51. The summed E-state index contributed by atoms with van der Waals surface area (Å²) in [6.07, 6.45) is 6.90. The molecule has 31 heavy (non-hydrogen) atoms. The Bertz CT molecular complexity index is 1290. The zero-order valence-electron chi connectivity index (χ0n) is 17.2. The molecule has 5 rings (SSSR count). The summed E-state index contributed by atoms with van der Waals surface area (Å²) in [5.41, 5.74) is 11.8. The summed E-state index contributed by atoms with van der Waals surface area (Å²) in [6, 6.07) is 6.48. The first-order valence-electron chi connectivity index (χ1n) is 10.1. The van der Waals surface area contributed by atoms with E-state index >= 15 is 0 Å². The summed E-state index contributed by atoms with van der Waals surface area (Å²) in [6.45, 7) is 4.59. The normalized spacial score (nSPS) is 15.0. The number of nitrogens with two attached hydrogens (primary N) is 1. The Morgan fingerprint density at radius 2 is 2.00 bits per heavy atom. The molecule has 0 saturated carbocycles. The molecule has 4 heterocycles. The van der Waals surface area contributed by atoms with E-state index in [9.17, 15) is 4.39 Å². The molecule has 0 amide bonds. The van der Waals surface area contributed by atoms with Crippen LogP contribution in [-0.2, 0) is 13.0 Å². The van der Waals surface area contributed by atoms with E-state index in [0.717, 1.165) is 28.1 Å². The molecule has 1 aliphatic heterocycles. The van der Waals surface area contributed by atoms with Crippen LogP contribution in [0.3, 0.4) is 0 Å². The molecule has 2 N–H and O–H groups in total. The number of aromatic nitrogens is 5. The van der Waals surface area contributed by atoms with Gasteiger partial charge >= 0.3 is 0 Å². The second-order valence-corrected chi connectivity index (χ2v) is 7.46. The summed E-state index contributed by atoms with van der Waals surface area (Å²) >= 11 is 0. The quantitative estimate of drug-likeness (QED) is 0.500. The van der Waals surface area contributed by atoms with Crippen molar-refractivity contribution in [2.45, 2.75) is 32.9 Å². The van der Waals surface area contributed by atoms with Gasteiger partial charge in [-0.25, -0.2) is 9.37 Å². The van der Waals surface area contributed by atoms with Crippen LogP contribution >= 0.6 is 0 Å². The summed E-state index contributed by atoms with van der Waals surface area (Å²) in [4.78, 5) is 13.5. The highest BCUT2D eigenvalue weighted by Crippen LogP contribution is 2.37. The molecule has 0 spiro atoms. The molecule has 2 bridgehead atoms. The van der Waals surface area contributed by atoms with Gasteiger partial charge in [-0.15, -0.1) is 0 Å². The zero-order chi connectivity index (χ0) is 21.5. The largest absolute Gasteiger partial charge is 0.482 e. The molecule has 0 fully saturated rings. The fraction of sp³-hybridized carbons (Fsp3) is 0.217. The molecule has 156 valence electrons. The average molecular weight is 416 g/mol. The van der Waals surface area contributed by atoms with Gasteiger partial charge in [-0.05, 0) is 38.1 Å². The minimum absolute atomic E-state index is 0.273. The summed E-state index contributed by atoms with van der Waals surface area (Å²) in [5, 5.41) is 4.55. The maximum Gasteiger partial charge on any atom is 0.166 e. The second-order valence-electron chi connectivity index (χ2n) is 7.46. The van der Waals surface area contributed by atoms with Gasteiger partial charge in [-0.1, -0.05) is 0 Å². The number of anilines is 1. The molecule has 0 radical (unpaired) electrons. The van der Waals surface area contributed by atoms with E-state index in [1.54, 1.807) is 24.7 Å². The Morgan fingerprint density at radius 1 is 1.16 bits per heavy atom. The van der Waals surface area contributed by atoms with Crippen molar-refractivity contribution in [2.75, 3.05) is 5.73 Å². The average Bonchev–Trinajstić information content (AvgIpc) is 3.17. The van der Waals surface area contributed by atoms with Crippen molar-refractivity contribution in [3.05, 3.63) is 71.7 Å². The summed E-state index contributed by atoms with van der Waals surface area (Å²) < 4.78 is 22.3. The first-order chi connectivity index (χ1) is 15.0. The standard InChI is InChI=1S/C23H21FN6O/c1-3-30-22-14(12-29-30)8-19-21(27-7-6-26-19)17-5-4-16(24)10-18(17)13(2)31-20-9-15(22)11-28-23(20)25/h4-7,9-13H,3,8H2,1-2H3,(H2,25,28)/t13-/m1/s1. The number of hydrogen-bond donors (Lipinski definition) is 1. The van der Waals surface area contributed by atoms with Gasteiger partial charge in [0.25, 0.3) is 0 Å². The van der Waals surface area contributed by atoms with Crippen LogP contribution in [0.2, 0.25) is 0 Å². The number of fused-ring (bicyclic) bond motifs is 7. The van der Waals surface area contributed by atoms with Crippen molar-refractivity contribution in [3.63, 3.8) is 0 Å². The highest BCUT2D eigenvalue weighted by Gasteiger charge is 2.23. The van der Waals surface area contributed by atoms with E-state index in [2.05, 4.69) is 20.1 Å². The molecule has 3 aromatic heterocycles. The number of rotatable bonds is 1. The van der Waals surface area contributed by atoms with Crippen LogP contribution in [0, 0.1) is 5.82 Å². The first-order valence-corrected chi connectivity index (χ1v) is 10.1. The van der Waals surface area contributed by atoms with E-state index < -0.39 is 6.10 Å². The van der Waals surface area contributed by atoms with Gasteiger partial charge in [0.1, 0.15) is 11.9 Å². The smallest absolute Gasteiger partial charge is 0.166 e. The Balaban J connectivity index is 1.81. The van der Waals surface area contributed by atoms with E-state index in [1.807, 2.05) is 30.8 Å². The Kier molecular flexibility index (Phi) is 4.62. The van der Waals surface area contributed by atoms with E-state index in [1.165, 1.54) is 12.1 Å². The number of nitrogens with zero attached hydrogens (tertiary/aromatic N) is 5.